The second-order valence-corrected chi connectivity index (χ2v) is 5.57. The quantitative estimate of drug-likeness (QED) is 0.823. The molecule has 2 aromatic heterocycles. The van der Waals surface area contributed by atoms with Crippen molar-refractivity contribution in [3.8, 4) is 0 Å². The fraction of sp³-hybridized carbons (Fsp3) is 0.583. The highest BCUT2D eigenvalue weighted by Crippen LogP contribution is 2.23. The third kappa shape index (κ3) is 1.97. The van der Waals surface area contributed by atoms with Crippen LogP contribution >= 0.6 is 0 Å². The first-order chi connectivity index (χ1) is 7.80. The second kappa shape index (κ2) is 3.68. The van der Waals surface area contributed by atoms with Crippen molar-refractivity contribution < 1.29 is 4.52 Å². The van der Waals surface area contributed by atoms with Crippen LogP contribution in [0.3, 0.4) is 0 Å². The van der Waals surface area contributed by atoms with Crippen LogP contribution in [0, 0.1) is 0 Å². The molecule has 0 unspecified atom stereocenters. The number of aromatic amines is 1. The summed E-state index contributed by atoms with van der Waals surface area (Å²) in [5, 5.41) is 4.39. The Hall–Kier alpha value is -1.65. The van der Waals surface area contributed by atoms with Gasteiger partial charge >= 0.3 is 0 Å². The summed E-state index contributed by atoms with van der Waals surface area (Å²) in [7, 11) is 0. The van der Waals surface area contributed by atoms with Crippen LogP contribution in [0.2, 0.25) is 0 Å². The number of nitrogens with zero attached hydrogens (tertiary/aromatic N) is 2. The molecule has 17 heavy (non-hydrogen) atoms. The maximum atomic E-state index is 12.0. The van der Waals surface area contributed by atoms with Crippen LogP contribution in [0.5, 0.6) is 0 Å². The van der Waals surface area contributed by atoms with Gasteiger partial charge in [-0.2, -0.15) is 4.98 Å². The molecule has 0 aliphatic heterocycles. The molecule has 2 heterocycles. The van der Waals surface area contributed by atoms with E-state index >= 15 is 0 Å². The molecular formula is C12H17N3O2. The third-order valence-corrected chi connectivity index (χ3v) is 2.63. The summed E-state index contributed by atoms with van der Waals surface area (Å²) in [5.74, 6) is 0.751. The molecule has 2 rings (SSSR count). The molecule has 0 atom stereocenters. The van der Waals surface area contributed by atoms with Gasteiger partial charge in [0.15, 0.2) is 0 Å². The molecule has 0 saturated carbocycles. The molecule has 0 radical (unpaired) electrons. The van der Waals surface area contributed by atoms with E-state index in [-0.39, 0.29) is 16.9 Å². The fourth-order valence-electron chi connectivity index (χ4n) is 1.63. The molecule has 0 saturated heterocycles. The van der Waals surface area contributed by atoms with Crippen molar-refractivity contribution in [3.05, 3.63) is 21.9 Å². The first kappa shape index (κ1) is 11.8. The van der Waals surface area contributed by atoms with Crippen LogP contribution in [0.1, 0.15) is 52.1 Å². The summed E-state index contributed by atoms with van der Waals surface area (Å²) in [5.41, 5.74) is 0.583. The smallest absolute Gasteiger partial charge is 0.265 e. The minimum Gasteiger partial charge on any atom is -0.335 e. The zero-order valence-electron chi connectivity index (χ0n) is 10.8. The van der Waals surface area contributed by atoms with Crippen molar-refractivity contribution in [2.45, 2.75) is 46.0 Å². The van der Waals surface area contributed by atoms with E-state index in [0.29, 0.717) is 22.6 Å². The molecule has 0 spiro atoms. The number of nitrogens with one attached hydrogen (secondary N) is 1. The van der Waals surface area contributed by atoms with Crippen molar-refractivity contribution in [1.82, 2.24) is 15.1 Å². The fourth-order valence-corrected chi connectivity index (χ4v) is 1.63. The molecule has 5 heteroatoms. The number of aromatic nitrogens is 3. The van der Waals surface area contributed by atoms with Gasteiger partial charge in [-0.3, -0.25) is 4.79 Å². The van der Waals surface area contributed by atoms with Gasteiger partial charge in [0, 0.05) is 5.41 Å². The van der Waals surface area contributed by atoms with Crippen LogP contribution in [-0.2, 0) is 5.41 Å². The zero-order chi connectivity index (χ0) is 12.8. The molecule has 0 aromatic carbocycles. The Morgan fingerprint density at radius 3 is 2.47 bits per heavy atom. The predicted molar refractivity (Wildman–Crippen MR) is 65.2 cm³/mol. The first-order valence-corrected chi connectivity index (χ1v) is 5.71. The van der Waals surface area contributed by atoms with Crippen molar-refractivity contribution in [2.24, 2.45) is 0 Å². The maximum Gasteiger partial charge on any atom is 0.265 e. The Morgan fingerprint density at radius 1 is 1.29 bits per heavy atom. The van der Waals surface area contributed by atoms with Crippen molar-refractivity contribution in [3.63, 3.8) is 0 Å². The van der Waals surface area contributed by atoms with E-state index in [1.807, 2.05) is 34.6 Å². The molecule has 0 aliphatic rings. The molecule has 5 nitrogen and oxygen atoms in total. The SMILES string of the molecule is CC(C)c1noc2nc(C(C)(C)C)[nH]c(=O)c12. The first-order valence-electron chi connectivity index (χ1n) is 5.71. The monoisotopic (exact) mass is 235 g/mol. The summed E-state index contributed by atoms with van der Waals surface area (Å²) < 4.78 is 5.15. The Bertz CT molecular complexity index is 602. The minimum absolute atomic E-state index is 0.139. The summed E-state index contributed by atoms with van der Waals surface area (Å²) in [6.45, 7) is 9.88. The number of hydrogen-bond acceptors (Lipinski definition) is 4. The van der Waals surface area contributed by atoms with Gasteiger partial charge in [-0.25, -0.2) is 0 Å². The summed E-state index contributed by atoms with van der Waals surface area (Å²) in [6, 6.07) is 0. The van der Waals surface area contributed by atoms with E-state index in [4.69, 9.17) is 4.52 Å². The van der Waals surface area contributed by atoms with Gasteiger partial charge in [0.2, 0.25) is 0 Å². The molecule has 0 fully saturated rings. The lowest BCUT2D eigenvalue weighted by molar-refractivity contribution is 0.430. The number of fused-ring (bicyclic) bond motifs is 1. The zero-order valence-corrected chi connectivity index (χ0v) is 10.8. The van der Waals surface area contributed by atoms with Crippen LogP contribution in [0.25, 0.3) is 11.1 Å². The van der Waals surface area contributed by atoms with Gasteiger partial charge in [-0.05, 0) is 5.92 Å². The van der Waals surface area contributed by atoms with E-state index in [0.717, 1.165) is 0 Å². The van der Waals surface area contributed by atoms with Gasteiger partial charge in [0.05, 0.1) is 0 Å². The summed E-state index contributed by atoms with van der Waals surface area (Å²) in [4.78, 5) is 19.2. The minimum atomic E-state index is -0.224. The highest BCUT2D eigenvalue weighted by Gasteiger charge is 2.22. The lowest BCUT2D eigenvalue weighted by Crippen LogP contribution is -2.22. The number of H-pyrrole nitrogens is 1. The highest BCUT2D eigenvalue weighted by atomic mass is 16.5. The molecular weight excluding hydrogens is 218 g/mol. The normalized spacial score (nSPS) is 12.6. The molecule has 0 bridgehead atoms. The second-order valence-electron chi connectivity index (χ2n) is 5.57. The highest BCUT2D eigenvalue weighted by molar-refractivity contribution is 5.75. The standard InChI is InChI=1S/C12H17N3O2/c1-6(2)8-7-9(16)13-11(12(3,4)5)14-10(7)17-15-8/h6H,1-5H3,(H,13,14,16). The van der Waals surface area contributed by atoms with Crippen molar-refractivity contribution >= 4 is 11.1 Å². The van der Waals surface area contributed by atoms with E-state index in [2.05, 4.69) is 15.1 Å². The molecule has 0 amide bonds. The molecule has 0 aliphatic carbocycles. The molecule has 2 aromatic rings. The predicted octanol–water partition coefficient (Wildman–Crippen LogP) is 2.33. The van der Waals surface area contributed by atoms with E-state index in [1.165, 1.54) is 0 Å². The number of rotatable bonds is 1. The van der Waals surface area contributed by atoms with Crippen LogP contribution in [-0.4, -0.2) is 15.1 Å². The molecule has 1 N–H and O–H groups in total. The molecule has 92 valence electrons. The van der Waals surface area contributed by atoms with Crippen LogP contribution < -0.4 is 5.56 Å². The van der Waals surface area contributed by atoms with Crippen molar-refractivity contribution in [2.75, 3.05) is 0 Å². The van der Waals surface area contributed by atoms with E-state index in [1.54, 1.807) is 0 Å². The summed E-state index contributed by atoms with van der Waals surface area (Å²) in [6.07, 6.45) is 0. The average Bonchev–Trinajstić information content (AvgIpc) is 2.60. The van der Waals surface area contributed by atoms with Crippen molar-refractivity contribution in [1.29, 1.82) is 0 Å². The van der Waals surface area contributed by atoms with E-state index in [9.17, 15) is 4.79 Å². The number of hydrogen-bond donors (Lipinski definition) is 1. The average molecular weight is 235 g/mol. The Balaban J connectivity index is 2.75. The Labute approximate surface area is 99.2 Å². The van der Waals surface area contributed by atoms with Crippen LogP contribution in [0.4, 0.5) is 0 Å². The van der Waals surface area contributed by atoms with Gasteiger partial charge in [-0.1, -0.05) is 39.8 Å². The van der Waals surface area contributed by atoms with Gasteiger partial charge in [-0.15, -0.1) is 0 Å². The Kier molecular flexibility index (Phi) is 2.56. The third-order valence-electron chi connectivity index (χ3n) is 2.63. The van der Waals surface area contributed by atoms with Gasteiger partial charge in [0.25, 0.3) is 11.3 Å². The van der Waals surface area contributed by atoms with Gasteiger partial charge in [0.1, 0.15) is 16.9 Å². The topological polar surface area (TPSA) is 71.8 Å². The Morgan fingerprint density at radius 2 is 1.94 bits per heavy atom. The van der Waals surface area contributed by atoms with Gasteiger partial charge < -0.3 is 9.51 Å². The maximum absolute atomic E-state index is 12.0. The lowest BCUT2D eigenvalue weighted by atomic mass is 9.95. The van der Waals surface area contributed by atoms with Crippen LogP contribution in [0.15, 0.2) is 9.32 Å². The van der Waals surface area contributed by atoms with E-state index < -0.39 is 0 Å². The lowest BCUT2D eigenvalue weighted by Gasteiger charge is -2.16. The largest absolute Gasteiger partial charge is 0.335 e. The summed E-state index contributed by atoms with van der Waals surface area (Å²) >= 11 is 0.